The molecule has 2 heterocycles. The lowest BCUT2D eigenvalue weighted by molar-refractivity contribution is 0.601. The van der Waals surface area contributed by atoms with Crippen LogP contribution in [0.4, 0.5) is 5.95 Å². The molecule has 2 aromatic heterocycles. The van der Waals surface area contributed by atoms with Crippen LogP contribution in [0, 0.1) is 6.92 Å². The number of hydrogen-bond donors (Lipinski definition) is 2. The number of aromatic amines is 1. The topological polar surface area (TPSA) is 87.7 Å². The van der Waals surface area contributed by atoms with E-state index in [-0.39, 0.29) is 10.8 Å². The normalized spacial score (nSPS) is 11.7. The second-order valence-corrected chi connectivity index (χ2v) is 8.44. The average Bonchev–Trinajstić information content (AvgIpc) is 2.72. The summed E-state index contributed by atoms with van der Waals surface area (Å²) in [6.07, 6.45) is 0. The van der Waals surface area contributed by atoms with Gasteiger partial charge in [-0.05, 0) is 44.8 Å². The molecule has 2 rings (SSSR count). The van der Waals surface area contributed by atoms with Crippen LogP contribution in [0.3, 0.4) is 0 Å². The van der Waals surface area contributed by atoms with Crippen molar-refractivity contribution < 1.29 is 8.42 Å². The Balaban J connectivity index is 2.34. The molecule has 0 saturated heterocycles. The van der Waals surface area contributed by atoms with E-state index in [4.69, 9.17) is 0 Å². The number of nitrogens with zero attached hydrogens (tertiary/aromatic N) is 2. The van der Waals surface area contributed by atoms with E-state index in [1.807, 2.05) is 0 Å². The molecular formula is C7H6Br2N4O2S2. The highest BCUT2D eigenvalue weighted by atomic mass is 79.9. The Hall–Kier alpha value is -0.450. The van der Waals surface area contributed by atoms with E-state index < -0.39 is 10.0 Å². The highest BCUT2D eigenvalue weighted by molar-refractivity contribution is 9.12. The first-order valence-electron chi connectivity index (χ1n) is 4.25. The van der Waals surface area contributed by atoms with Crippen molar-refractivity contribution in [2.24, 2.45) is 0 Å². The van der Waals surface area contributed by atoms with E-state index in [1.54, 1.807) is 6.92 Å². The number of aryl methyl sites for hydroxylation is 1. The first kappa shape index (κ1) is 13.0. The fourth-order valence-electron chi connectivity index (χ4n) is 1.07. The van der Waals surface area contributed by atoms with Gasteiger partial charge in [0.25, 0.3) is 16.0 Å². The first-order valence-corrected chi connectivity index (χ1v) is 8.14. The van der Waals surface area contributed by atoms with Gasteiger partial charge in [0.05, 0.1) is 7.57 Å². The predicted molar refractivity (Wildman–Crippen MR) is 71.6 cm³/mol. The van der Waals surface area contributed by atoms with E-state index in [0.29, 0.717) is 9.61 Å². The van der Waals surface area contributed by atoms with Crippen molar-refractivity contribution in [3.8, 4) is 0 Å². The minimum Gasteiger partial charge on any atom is -0.261 e. The lowest BCUT2D eigenvalue weighted by Gasteiger charge is -2.02. The molecule has 92 valence electrons. The Morgan fingerprint density at radius 3 is 2.65 bits per heavy atom. The van der Waals surface area contributed by atoms with Crippen molar-refractivity contribution in [2.75, 3.05) is 4.72 Å². The van der Waals surface area contributed by atoms with Gasteiger partial charge in [0, 0.05) is 0 Å². The minimum absolute atomic E-state index is 0.0247. The number of nitrogens with one attached hydrogen (secondary N) is 2. The van der Waals surface area contributed by atoms with Crippen molar-refractivity contribution in [1.29, 1.82) is 0 Å². The quantitative estimate of drug-likeness (QED) is 0.826. The number of sulfonamides is 1. The molecular weight excluding hydrogens is 396 g/mol. The van der Waals surface area contributed by atoms with E-state index in [2.05, 4.69) is 51.8 Å². The maximum Gasteiger partial charge on any atom is 0.266 e. The molecule has 0 radical (unpaired) electrons. The highest BCUT2D eigenvalue weighted by Crippen LogP contribution is 2.35. The zero-order valence-corrected chi connectivity index (χ0v) is 13.2. The molecule has 0 aliphatic heterocycles. The monoisotopic (exact) mass is 400 g/mol. The molecule has 0 aromatic carbocycles. The maximum atomic E-state index is 12.0. The molecule has 2 aromatic rings. The summed E-state index contributed by atoms with van der Waals surface area (Å²) in [5, 5.41) is 6.27. The van der Waals surface area contributed by atoms with Gasteiger partial charge in [0.1, 0.15) is 10.7 Å². The van der Waals surface area contributed by atoms with Gasteiger partial charge in [-0.2, -0.15) is 4.98 Å². The summed E-state index contributed by atoms with van der Waals surface area (Å²) >= 11 is 7.69. The molecule has 0 atom stereocenters. The Bertz CT molecular complexity index is 649. The summed E-state index contributed by atoms with van der Waals surface area (Å²) in [7, 11) is -3.67. The number of anilines is 1. The third-order valence-corrected chi connectivity index (χ3v) is 5.82. The zero-order valence-electron chi connectivity index (χ0n) is 8.36. The molecule has 17 heavy (non-hydrogen) atoms. The fraction of sp³-hybridized carbons (Fsp3) is 0.143. The van der Waals surface area contributed by atoms with Crippen molar-refractivity contribution >= 4 is 59.2 Å². The average molecular weight is 402 g/mol. The SMILES string of the molecule is Cc1nc(NS(=O)(=O)c2cc(Br)sc2Br)n[nH]1. The van der Waals surface area contributed by atoms with E-state index in [1.165, 1.54) is 17.4 Å². The van der Waals surface area contributed by atoms with Crippen molar-refractivity contribution in [3.63, 3.8) is 0 Å². The van der Waals surface area contributed by atoms with Crippen LogP contribution in [0.15, 0.2) is 18.5 Å². The molecule has 0 unspecified atom stereocenters. The lowest BCUT2D eigenvalue weighted by Crippen LogP contribution is -2.13. The van der Waals surface area contributed by atoms with Gasteiger partial charge in [-0.25, -0.2) is 13.1 Å². The maximum absolute atomic E-state index is 12.0. The molecule has 6 nitrogen and oxygen atoms in total. The van der Waals surface area contributed by atoms with Crippen LogP contribution in [0.25, 0.3) is 0 Å². The number of thiophene rings is 1. The number of halogens is 2. The van der Waals surface area contributed by atoms with Gasteiger partial charge in [-0.3, -0.25) is 5.10 Å². The summed E-state index contributed by atoms with van der Waals surface area (Å²) in [4.78, 5) is 4.03. The summed E-state index contributed by atoms with van der Waals surface area (Å²) in [5.74, 6) is 0.560. The Labute approximate surface area is 118 Å². The number of rotatable bonds is 3. The zero-order chi connectivity index (χ0) is 12.6. The molecule has 0 fully saturated rings. The van der Waals surface area contributed by atoms with Crippen molar-refractivity contribution in [2.45, 2.75) is 11.8 Å². The van der Waals surface area contributed by atoms with Gasteiger partial charge in [0.2, 0.25) is 0 Å². The van der Waals surface area contributed by atoms with Crippen LogP contribution < -0.4 is 4.72 Å². The third-order valence-electron chi connectivity index (χ3n) is 1.74. The first-order chi connectivity index (χ1) is 7.88. The fourth-order valence-corrected chi connectivity index (χ4v) is 5.83. The second-order valence-electron chi connectivity index (χ2n) is 3.04. The number of hydrogen-bond acceptors (Lipinski definition) is 5. The number of H-pyrrole nitrogens is 1. The third kappa shape index (κ3) is 2.87. The summed E-state index contributed by atoms with van der Waals surface area (Å²) in [6, 6.07) is 1.51. The molecule has 0 bridgehead atoms. The van der Waals surface area contributed by atoms with Crippen molar-refractivity contribution in [1.82, 2.24) is 15.2 Å². The van der Waals surface area contributed by atoms with Crippen LogP contribution in [-0.4, -0.2) is 23.6 Å². The lowest BCUT2D eigenvalue weighted by atomic mass is 10.7. The Morgan fingerprint density at radius 1 is 1.47 bits per heavy atom. The van der Waals surface area contributed by atoms with Gasteiger partial charge < -0.3 is 0 Å². The Morgan fingerprint density at radius 2 is 2.18 bits per heavy atom. The van der Waals surface area contributed by atoms with Crippen molar-refractivity contribution in [3.05, 3.63) is 19.5 Å². The van der Waals surface area contributed by atoms with E-state index >= 15 is 0 Å². The standard InChI is InChI=1S/C7H6Br2N4O2S2/c1-3-10-7(12-11-3)13-17(14,15)4-2-5(8)16-6(4)9/h2H,1H3,(H2,10,11,12,13). The molecule has 2 N–H and O–H groups in total. The molecule has 0 saturated carbocycles. The predicted octanol–water partition coefficient (Wildman–Crippen LogP) is 2.50. The molecule has 0 amide bonds. The molecule has 0 aliphatic rings. The van der Waals surface area contributed by atoms with Crippen LogP contribution in [0.5, 0.6) is 0 Å². The largest absolute Gasteiger partial charge is 0.266 e. The van der Waals surface area contributed by atoms with Gasteiger partial charge in [0.15, 0.2) is 0 Å². The van der Waals surface area contributed by atoms with Crippen LogP contribution >= 0.6 is 43.2 Å². The van der Waals surface area contributed by atoms with E-state index in [0.717, 1.165) is 3.79 Å². The summed E-state index contributed by atoms with van der Waals surface area (Å²) in [6.45, 7) is 1.68. The van der Waals surface area contributed by atoms with Gasteiger partial charge >= 0.3 is 0 Å². The molecule has 0 aliphatic carbocycles. The smallest absolute Gasteiger partial charge is 0.261 e. The van der Waals surface area contributed by atoms with E-state index in [9.17, 15) is 8.42 Å². The minimum atomic E-state index is -3.67. The summed E-state index contributed by atoms with van der Waals surface area (Å²) < 4.78 is 27.5. The Kier molecular flexibility index (Phi) is 3.57. The molecule has 0 spiro atoms. The highest BCUT2D eigenvalue weighted by Gasteiger charge is 2.22. The molecule has 10 heteroatoms. The summed E-state index contributed by atoms with van der Waals surface area (Å²) in [5.41, 5.74) is 0. The number of aromatic nitrogens is 3. The van der Waals surface area contributed by atoms with Gasteiger partial charge in [-0.1, -0.05) is 0 Å². The van der Waals surface area contributed by atoms with Crippen LogP contribution in [0.1, 0.15) is 5.82 Å². The van der Waals surface area contributed by atoms with Gasteiger partial charge in [-0.15, -0.1) is 16.4 Å². The second kappa shape index (κ2) is 4.67. The van der Waals surface area contributed by atoms with Crippen LogP contribution in [-0.2, 0) is 10.0 Å². The van der Waals surface area contributed by atoms with Crippen LogP contribution in [0.2, 0.25) is 0 Å².